The van der Waals surface area contributed by atoms with E-state index in [2.05, 4.69) is 26.1 Å². The largest absolute Gasteiger partial charge is 0.354 e. The molecule has 1 rings (SSSR count). The number of rotatable bonds is 4. The van der Waals surface area contributed by atoms with Crippen molar-refractivity contribution in [2.75, 3.05) is 6.54 Å². The summed E-state index contributed by atoms with van der Waals surface area (Å²) in [6, 6.07) is 9.66. The highest BCUT2D eigenvalue weighted by molar-refractivity contribution is 5.85. The third-order valence-corrected chi connectivity index (χ3v) is 3.42. The van der Waals surface area contributed by atoms with E-state index in [1.165, 1.54) is 0 Å². The molecular formula is C15H25ClN2O. The molecule has 0 heterocycles. The van der Waals surface area contributed by atoms with Gasteiger partial charge in [-0.05, 0) is 11.0 Å². The van der Waals surface area contributed by atoms with Gasteiger partial charge >= 0.3 is 0 Å². The van der Waals surface area contributed by atoms with Gasteiger partial charge in [-0.15, -0.1) is 12.4 Å². The molecule has 0 aliphatic rings. The van der Waals surface area contributed by atoms with Gasteiger partial charge in [0.25, 0.3) is 0 Å². The summed E-state index contributed by atoms with van der Waals surface area (Å²) in [5.41, 5.74) is 7.05. The van der Waals surface area contributed by atoms with E-state index in [4.69, 9.17) is 5.73 Å². The summed E-state index contributed by atoms with van der Waals surface area (Å²) in [6.45, 7) is 8.61. The molecule has 2 unspecified atom stereocenters. The SMILES string of the molecule is CC(C(=O)NCC(N)c1ccccc1)C(C)(C)C.Cl. The van der Waals surface area contributed by atoms with Gasteiger partial charge in [-0.3, -0.25) is 4.79 Å². The van der Waals surface area contributed by atoms with E-state index in [0.29, 0.717) is 6.54 Å². The second kappa shape index (κ2) is 7.51. The van der Waals surface area contributed by atoms with E-state index in [0.717, 1.165) is 5.56 Å². The molecule has 0 aliphatic heterocycles. The second-order valence-corrected chi connectivity index (χ2v) is 5.85. The molecule has 3 N–H and O–H groups in total. The van der Waals surface area contributed by atoms with Crippen molar-refractivity contribution in [3.63, 3.8) is 0 Å². The number of amides is 1. The molecule has 0 radical (unpaired) electrons. The molecular weight excluding hydrogens is 260 g/mol. The van der Waals surface area contributed by atoms with E-state index < -0.39 is 0 Å². The maximum Gasteiger partial charge on any atom is 0.223 e. The maximum absolute atomic E-state index is 12.0. The highest BCUT2D eigenvalue weighted by Crippen LogP contribution is 2.25. The molecule has 2 atom stereocenters. The number of carbonyl (C=O) groups excluding carboxylic acids is 1. The Labute approximate surface area is 122 Å². The van der Waals surface area contributed by atoms with Crippen molar-refractivity contribution in [1.82, 2.24) is 5.32 Å². The van der Waals surface area contributed by atoms with Crippen LogP contribution in [-0.4, -0.2) is 12.5 Å². The molecule has 0 bridgehead atoms. The first-order chi connectivity index (χ1) is 8.32. The minimum Gasteiger partial charge on any atom is -0.354 e. The first-order valence-corrected chi connectivity index (χ1v) is 6.40. The first kappa shape index (κ1) is 17.9. The van der Waals surface area contributed by atoms with Crippen molar-refractivity contribution in [2.45, 2.75) is 33.7 Å². The number of nitrogens with two attached hydrogens (primary N) is 1. The Hall–Kier alpha value is -1.06. The zero-order valence-corrected chi connectivity index (χ0v) is 13.0. The van der Waals surface area contributed by atoms with Gasteiger partial charge in [0.2, 0.25) is 5.91 Å². The Morgan fingerprint density at radius 3 is 2.26 bits per heavy atom. The molecule has 0 aromatic heterocycles. The third kappa shape index (κ3) is 5.62. The van der Waals surface area contributed by atoms with Gasteiger partial charge in [0.05, 0.1) is 0 Å². The van der Waals surface area contributed by atoms with Crippen molar-refractivity contribution >= 4 is 18.3 Å². The van der Waals surface area contributed by atoms with Gasteiger partial charge in [0.1, 0.15) is 0 Å². The first-order valence-electron chi connectivity index (χ1n) is 6.40. The molecule has 0 saturated carbocycles. The number of benzene rings is 1. The third-order valence-electron chi connectivity index (χ3n) is 3.42. The van der Waals surface area contributed by atoms with Crippen molar-refractivity contribution in [3.8, 4) is 0 Å². The van der Waals surface area contributed by atoms with Crippen LogP contribution in [0.25, 0.3) is 0 Å². The summed E-state index contributed by atoms with van der Waals surface area (Å²) < 4.78 is 0. The number of halogens is 1. The maximum atomic E-state index is 12.0. The predicted molar refractivity (Wildman–Crippen MR) is 82.2 cm³/mol. The average molecular weight is 285 g/mol. The molecule has 0 spiro atoms. The Morgan fingerprint density at radius 1 is 1.26 bits per heavy atom. The molecule has 1 aromatic carbocycles. The van der Waals surface area contributed by atoms with Crippen molar-refractivity contribution < 1.29 is 4.79 Å². The summed E-state index contributed by atoms with van der Waals surface area (Å²) in [4.78, 5) is 12.0. The normalized spacial score (nSPS) is 14.2. The van der Waals surface area contributed by atoms with E-state index in [-0.39, 0.29) is 35.7 Å². The Bertz CT molecular complexity index is 387. The molecule has 108 valence electrons. The van der Waals surface area contributed by atoms with Crippen LogP contribution in [0.5, 0.6) is 0 Å². The number of hydrogen-bond donors (Lipinski definition) is 2. The summed E-state index contributed by atoms with van der Waals surface area (Å²) >= 11 is 0. The summed E-state index contributed by atoms with van der Waals surface area (Å²) in [5, 5.41) is 2.92. The molecule has 0 saturated heterocycles. The highest BCUT2D eigenvalue weighted by atomic mass is 35.5. The number of carbonyl (C=O) groups is 1. The Kier molecular flexibility index (Phi) is 7.09. The second-order valence-electron chi connectivity index (χ2n) is 5.85. The zero-order valence-electron chi connectivity index (χ0n) is 12.1. The molecule has 1 amide bonds. The fraction of sp³-hybridized carbons (Fsp3) is 0.533. The minimum atomic E-state index is -0.151. The number of nitrogens with one attached hydrogen (secondary N) is 1. The lowest BCUT2D eigenvalue weighted by atomic mass is 9.81. The van der Waals surface area contributed by atoms with Crippen molar-refractivity contribution in [3.05, 3.63) is 35.9 Å². The van der Waals surface area contributed by atoms with E-state index in [9.17, 15) is 4.79 Å². The van der Waals surface area contributed by atoms with Crippen molar-refractivity contribution in [2.24, 2.45) is 17.1 Å². The smallest absolute Gasteiger partial charge is 0.223 e. The predicted octanol–water partition coefficient (Wildman–Crippen LogP) is 2.91. The fourth-order valence-electron chi connectivity index (χ4n) is 1.58. The van der Waals surface area contributed by atoms with Gasteiger partial charge in [-0.2, -0.15) is 0 Å². The van der Waals surface area contributed by atoms with Gasteiger partial charge in [-0.1, -0.05) is 58.0 Å². The van der Waals surface area contributed by atoms with Crippen LogP contribution in [-0.2, 0) is 4.79 Å². The molecule has 19 heavy (non-hydrogen) atoms. The average Bonchev–Trinajstić information content (AvgIpc) is 2.34. The lowest BCUT2D eigenvalue weighted by Gasteiger charge is -2.26. The standard InChI is InChI=1S/C15H24N2O.ClH/c1-11(15(2,3)4)14(18)17-10-13(16)12-8-6-5-7-9-12;/h5-9,11,13H,10,16H2,1-4H3,(H,17,18);1H. The van der Waals surface area contributed by atoms with Crippen LogP contribution in [0.2, 0.25) is 0 Å². The van der Waals surface area contributed by atoms with Crippen LogP contribution in [0.1, 0.15) is 39.3 Å². The fourth-order valence-corrected chi connectivity index (χ4v) is 1.58. The zero-order chi connectivity index (χ0) is 13.8. The summed E-state index contributed by atoms with van der Waals surface area (Å²) in [5.74, 6) is 0.0364. The van der Waals surface area contributed by atoms with Crippen LogP contribution in [0, 0.1) is 11.3 Å². The van der Waals surface area contributed by atoms with Crippen LogP contribution in [0.3, 0.4) is 0 Å². The quantitative estimate of drug-likeness (QED) is 0.893. The van der Waals surface area contributed by atoms with Crippen LogP contribution < -0.4 is 11.1 Å². The lowest BCUT2D eigenvalue weighted by molar-refractivity contribution is -0.127. The van der Waals surface area contributed by atoms with Crippen LogP contribution in [0.4, 0.5) is 0 Å². The van der Waals surface area contributed by atoms with Crippen LogP contribution in [0.15, 0.2) is 30.3 Å². The molecule has 4 heteroatoms. The summed E-state index contributed by atoms with van der Waals surface area (Å²) in [7, 11) is 0. The molecule has 0 aliphatic carbocycles. The molecule has 0 fully saturated rings. The number of hydrogen-bond acceptors (Lipinski definition) is 2. The highest BCUT2D eigenvalue weighted by Gasteiger charge is 2.26. The van der Waals surface area contributed by atoms with Gasteiger partial charge < -0.3 is 11.1 Å². The van der Waals surface area contributed by atoms with Gasteiger partial charge in [0.15, 0.2) is 0 Å². The van der Waals surface area contributed by atoms with Crippen LogP contribution >= 0.6 is 12.4 Å². The van der Waals surface area contributed by atoms with E-state index in [1.807, 2.05) is 37.3 Å². The Morgan fingerprint density at radius 2 is 1.79 bits per heavy atom. The summed E-state index contributed by atoms with van der Waals surface area (Å²) in [6.07, 6.45) is 0. The molecule has 3 nitrogen and oxygen atoms in total. The monoisotopic (exact) mass is 284 g/mol. The van der Waals surface area contributed by atoms with Gasteiger partial charge in [-0.25, -0.2) is 0 Å². The lowest BCUT2D eigenvalue weighted by Crippen LogP contribution is -2.39. The van der Waals surface area contributed by atoms with E-state index >= 15 is 0 Å². The topological polar surface area (TPSA) is 55.1 Å². The van der Waals surface area contributed by atoms with Crippen molar-refractivity contribution in [1.29, 1.82) is 0 Å². The Balaban J connectivity index is 0.00000324. The van der Waals surface area contributed by atoms with E-state index in [1.54, 1.807) is 0 Å². The minimum absolute atomic E-state index is 0. The van der Waals surface area contributed by atoms with Gasteiger partial charge in [0, 0.05) is 18.5 Å². The molecule has 1 aromatic rings.